The van der Waals surface area contributed by atoms with Crippen molar-refractivity contribution in [1.29, 1.82) is 0 Å². The van der Waals surface area contributed by atoms with Gasteiger partial charge in [0.2, 0.25) is 0 Å². The van der Waals surface area contributed by atoms with Crippen molar-refractivity contribution >= 4 is 22.4 Å². The SMILES string of the molecule is CO/N=c1/oc(-c2ccc(Cl)cc2)cc2ccccc12. The molecule has 0 amide bonds. The predicted molar refractivity (Wildman–Crippen MR) is 79.2 cm³/mol. The highest BCUT2D eigenvalue weighted by Crippen LogP contribution is 2.23. The fourth-order valence-electron chi connectivity index (χ4n) is 2.05. The van der Waals surface area contributed by atoms with E-state index in [1.807, 2.05) is 54.6 Å². The van der Waals surface area contributed by atoms with E-state index in [-0.39, 0.29) is 0 Å². The molecule has 0 unspecified atom stereocenters. The molecule has 0 aliphatic carbocycles. The zero-order valence-electron chi connectivity index (χ0n) is 10.8. The molecule has 3 aromatic rings. The minimum Gasteiger partial charge on any atom is -0.435 e. The summed E-state index contributed by atoms with van der Waals surface area (Å²) in [6.45, 7) is 0. The Labute approximate surface area is 121 Å². The van der Waals surface area contributed by atoms with Crippen molar-refractivity contribution in [3.8, 4) is 11.3 Å². The topological polar surface area (TPSA) is 34.7 Å². The molecule has 0 atom stereocenters. The first-order valence-corrected chi connectivity index (χ1v) is 6.52. The van der Waals surface area contributed by atoms with Gasteiger partial charge < -0.3 is 9.25 Å². The van der Waals surface area contributed by atoms with Gasteiger partial charge in [0, 0.05) is 16.0 Å². The molecule has 100 valence electrons. The molecule has 0 aliphatic rings. The van der Waals surface area contributed by atoms with Gasteiger partial charge in [-0.05, 0) is 46.9 Å². The third-order valence-corrected chi connectivity index (χ3v) is 3.24. The van der Waals surface area contributed by atoms with E-state index < -0.39 is 0 Å². The Balaban J connectivity index is 2.27. The van der Waals surface area contributed by atoms with Crippen molar-refractivity contribution in [3.63, 3.8) is 0 Å². The third kappa shape index (κ3) is 2.40. The van der Waals surface area contributed by atoms with Gasteiger partial charge >= 0.3 is 0 Å². The second-order valence-electron chi connectivity index (χ2n) is 4.28. The van der Waals surface area contributed by atoms with Gasteiger partial charge in [0.15, 0.2) is 0 Å². The Morgan fingerprint density at radius 2 is 1.80 bits per heavy atom. The van der Waals surface area contributed by atoms with Crippen LogP contribution in [-0.2, 0) is 4.84 Å². The smallest absolute Gasteiger partial charge is 0.263 e. The van der Waals surface area contributed by atoms with E-state index in [1.54, 1.807) is 0 Å². The summed E-state index contributed by atoms with van der Waals surface area (Å²) in [5.41, 5.74) is 1.39. The van der Waals surface area contributed by atoms with Crippen LogP contribution in [0.1, 0.15) is 0 Å². The van der Waals surface area contributed by atoms with Crippen LogP contribution in [0.25, 0.3) is 22.1 Å². The molecule has 3 nitrogen and oxygen atoms in total. The van der Waals surface area contributed by atoms with E-state index in [2.05, 4.69) is 5.16 Å². The number of fused-ring (bicyclic) bond motifs is 1. The lowest BCUT2D eigenvalue weighted by molar-refractivity contribution is 0.186. The Hall–Kier alpha value is -2.26. The maximum absolute atomic E-state index is 5.91. The molecular formula is C16H12ClNO2. The standard InChI is InChI=1S/C16H12ClNO2/c1-19-18-16-14-5-3-2-4-12(14)10-15(20-16)11-6-8-13(17)9-7-11/h2-10H,1H3/b18-16+. The van der Waals surface area contributed by atoms with Crippen molar-refractivity contribution in [2.75, 3.05) is 7.11 Å². The van der Waals surface area contributed by atoms with Gasteiger partial charge in [0.25, 0.3) is 5.55 Å². The summed E-state index contributed by atoms with van der Waals surface area (Å²) >= 11 is 5.91. The van der Waals surface area contributed by atoms with Gasteiger partial charge in [0.05, 0.1) is 0 Å². The lowest BCUT2D eigenvalue weighted by Crippen LogP contribution is -2.04. The highest BCUT2D eigenvalue weighted by molar-refractivity contribution is 6.30. The second-order valence-corrected chi connectivity index (χ2v) is 4.72. The number of halogens is 1. The van der Waals surface area contributed by atoms with E-state index in [0.717, 1.165) is 22.1 Å². The summed E-state index contributed by atoms with van der Waals surface area (Å²) in [6.07, 6.45) is 0. The summed E-state index contributed by atoms with van der Waals surface area (Å²) in [5.74, 6) is 0.719. The van der Waals surface area contributed by atoms with Crippen molar-refractivity contribution in [1.82, 2.24) is 0 Å². The predicted octanol–water partition coefficient (Wildman–Crippen LogP) is 4.22. The van der Waals surface area contributed by atoms with Crippen molar-refractivity contribution in [2.24, 2.45) is 5.16 Å². The summed E-state index contributed by atoms with van der Waals surface area (Å²) in [6, 6.07) is 17.3. The van der Waals surface area contributed by atoms with Crippen LogP contribution in [0.4, 0.5) is 0 Å². The number of hydrogen-bond donors (Lipinski definition) is 0. The molecule has 4 heteroatoms. The summed E-state index contributed by atoms with van der Waals surface area (Å²) < 4.78 is 5.82. The van der Waals surface area contributed by atoms with Crippen LogP contribution in [0, 0.1) is 0 Å². The molecule has 0 bridgehead atoms. The normalized spacial score (nSPS) is 11.8. The average molecular weight is 286 g/mol. The quantitative estimate of drug-likeness (QED) is 0.661. The van der Waals surface area contributed by atoms with E-state index in [4.69, 9.17) is 20.9 Å². The maximum atomic E-state index is 5.91. The number of nitrogens with zero attached hydrogens (tertiary/aromatic N) is 1. The van der Waals surface area contributed by atoms with Gasteiger partial charge in [-0.25, -0.2) is 0 Å². The lowest BCUT2D eigenvalue weighted by atomic mass is 10.1. The Morgan fingerprint density at radius 3 is 2.55 bits per heavy atom. The zero-order chi connectivity index (χ0) is 13.9. The van der Waals surface area contributed by atoms with Gasteiger partial charge in [-0.15, -0.1) is 0 Å². The second kappa shape index (κ2) is 5.39. The van der Waals surface area contributed by atoms with E-state index >= 15 is 0 Å². The van der Waals surface area contributed by atoms with E-state index in [9.17, 15) is 0 Å². The molecular weight excluding hydrogens is 274 g/mol. The molecule has 20 heavy (non-hydrogen) atoms. The first kappa shape index (κ1) is 12.8. The van der Waals surface area contributed by atoms with Crippen LogP contribution >= 0.6 is 11.6 Å². The fourth-order valence-corrected chi connectivity index (χ4v) is 2.18. The Morgan fingerprint density at radius 1 is 1.05 bits per heavy atom. The number of rotatable bonds is 2. The maximum Gasteiger partial charge on any atom is 0.263 e. The van der Waals surface area contributed by atoms with Crippen LogP contribution in [0.5, 0.6) is 0 Å². The Bertz CT molecular complexity index is 807. The summed E-state index contributed by atoms with van der Waals surface area (Å²) in [7, 11) is 1.50. The molecule has 3 rings (SSSR count). The van der Waals surface area contributed by atoms with Crippen molar-refractivity contribution < 1.29 is 9.25 Å². The van der Waals surface area contributed by atoms with Gasteiger partial charge in [-0.3, -0.25) is 0 Å². The number of hydrogen-bond acceptors (Lipinski definition) is 3. The summed E-state index contributed by atoms with van der Waals surface area (Å²) in [4.78, 5) is 4.86. The molecule has 0 fully saturated rings. The van der Waals surface area contributed by atoms with E-state index in [1.165, 1.54) is 7.11 Å². The van der Waals surface area contributed by atoms with Gasteiger partial charge in [-0.1, -0.05) is 29.8 Å². The first-order chi connectivity index (χ1) is 9.78. The average Bonchev–Trinajstić information content (AvgIpc) is 2.48. The van der Waals surface area contributed by atoms with Gasteiger partial charge in [-0.2, -0.15) is 0 Å². The molecule has 0 spiro atoms. The Kier molecular flexibility index (Phi) is 3.44. The molecule has 1 aromatic heterocycles. The minimum atomic E-state index is 0.454. The first-order valence-electron chi connectivity index (χ1n) is 6.14. The lowest BCUT2D eigenvalue weighted by Gasteiger charge is -2.04. The minimum absolute atomic E-state index is 0.454. The molecule has 2 aromatic carbocycles. The molecule has 1 heterocycles. The highest BCUT2D eigenvalue weighted by atomic mass is 35.5. The van der Waals surface area contributed by atoms with Gasteiger partial charge in [0.1, 0.15) is 12.9 Å². The zero-order valence-corrected chi connectivity index (χ0v) is 11.6. The molecule has 0 saturated carbocycles. The molecule has 0 saturated heterocycles. The van der Waals surface area contributed by atoms with Crippen molar-refractivity contribution in [2.45, 2.75) is 0 Å². The van der Waals surface area contributed by atoms with Crippen LogP contribution in [-0.4, -0.2) is 7.11 Å². The van der Waals surface area contributed by atoms with Crippen LogP contribution in [0.3, 0.4) is 0 Å². The summed E-state index contributed by atoms with van der Waals surface area (Å²) in [5, 5.41) is 6.59. The fraction of sp³-hybridized carbons (Fsp3) is 0.0625. The monoisotopic (exact) mass is 285 g/mol. The van der Waals surface area contributed by atoms with Crippen molar-refractivity contribution in [3.05, 3.63) is 65.2 Å². The largest absolute Gasteiger partial charge is 0.435 e. The van der Waals surface area contributed by atoms with Crippen LogP contribution in [0.2, 0.25) is 5.02 Å². The number of benzene rings is 2. The molecule has 0 aliphatic heterocycles. The third-order valence-electron chi connectivity index (χ3n) is 2.99. The van der Waals surface area contributed by atoms with Crippen LogP contribution in [0.15, 0.2) is 64.2 Å². The van der Waals surface area contributed by atoms with E-state index in [0.29, 0.717) is 10.6 Å². The van der Waals surface area contributed by atoms with Crippen LogP contribution < -0.4 is 5.55 Å². The molecule has 0 radical (unpaired) electrons. The highest BCUT2D eigenvalue weighted by Gasteiger charge is 2.05. The molecule has 0 N–H and O–H groups in total.